The minimum Gasteiger partial charge on any atom is -0.480 e. The number of allylic oxidation sites excluding steroid dienone is 14. The molecule has 3 atom stereocenters. The zero-order valence-electron chi connectivity index (χ0n) is 36.1. The molecule has 0 aromatic carbocycles. The zero-order valence-corrected chi connectivity index (χ0v) is 37.0. The van der Waals surface area contributed by atoms with E-state index in [4.69, 9.17) is 29.4 Å². The van der Waals surface area contributed by atoms with Gasteiger partial charge in [0.25, 0.3) is 0 Å². The van der Waals surface area contributed by atoms with Gasteiger partial charge >= 0.3 is 19.8 Å². The van der Waals surface area contributed by atoms with E-state index in [9.17, 15) is 19.0 Å². The van der Waals surface area contributed by atoms with Crippen LogP contribution in [0.2, 0.25) is 0 Å². The summed E-state index contributed by atoms with van der Waals surface area (Å²) in [5, 5.41) is 8.90. The standard InChI is InChI=1S/C47H80NO9P/c1-3-5-7-9-11-13-15-17-19-20-21-22-23-24-25-26-28-30-32-34-36-38-40-54-41-44(42-55-58(52,53)56-43-45(48)47(50)51)57-46(49)39-37-35-33-31-29-27-18-16-14-12-10-8-6-4-2/h5,7,11,13,16-19,21-22,24-25,28,30,44-45H,3-4,6,8-10,12,14-15,20,23,26-27,29,31-43,48H2,1-2H3,(H,50,51)(H,52,53)/b7-5-,13-11-,18-16-,19-17-,22-21-,25-24-,30-28-. The van der Waals surface area contributed by atoms with Gasteiger partial charge in [-0.1, -0.05) is 150 Å². The third kappa shape index (κ3) is 41.3. The third-order valence-corrected chi connectivity index (χ3v) is 9.86. The van der Waals surface area contributed by atoms with E-state index >= 15 is 0 Å². The topological polar surface area (TPSA) is 155 Å². The molecule has 0 bridgehead atoms. The molecular formula is C47H80NO9P. The van der Waals surface area contributed by atoms with Gasteiger partial charge in [-0.15, -0.1) is 0 Å². The number of hydrogen-bond donors (Lipinski definition) is 3. The fourth-order valence-electron chi connectivity index (χ4n) is 5.48. The van der Waals surface area contributed by atoms with E-state index in [-0.39, 0.29) is 13.0 Å². The lowest BCUT2D eigenvalue weighted by Gasteiger charge is -2.20. The van der Waals surface area contributed by atoms with Crippen molar-refractivity contribution in [2.45, 2.75) is 174 Å². The number of carbonyl (C=O) groups is 2. The molecule has 332 valence electrons. The van der Waals surface area contributed by atoms with Crippen molar-refractivity contribution in [2.75, 3.05) is 26.4 Å². The highest BCUT2D eigenvalue weighted by Gasteiger charge is 2.27. The van der Waals surface area contributed by atoms with Crippen molar-refractivity contribution in [3.8, 4) is 0 Å². The Morgan fingerprint density at radius 2 is 1.00 bits per heavy atom. The molecule has 11 heteroatoms. The quantitative estimate of drug-likeness (QED) is 0.0235. The fraction of sp³-hybridized carbons (Fsp3) is 0.660. The normalized spacial score (nSPS) is 14.7. The minimum atomic E-state index is -4.63. The Morgan fingerprint density at radius 1 is 0.569 bits per heavy atom. The predicted molar refractivity (Wildman–Crippen MR) is 240 cm³/mol. The molecule has 0 heterocycles. The number of esters is 1. The molecule has 0 aromatic rings. The summed E-state index contributed by atoms with van der Waals surface area (Å²) in [5.74, 6) is -1.81. The molecule has 0 aliphatic rings. The van der Waals surface area contributed by atoms with E-state index in [1.807, 2.05) is 0 Å². The van der Waals surface area contributed by atoms with Crippen LogP contribution in [0.25, 0.3) is 0 Å². The first-order chi connectivity index (χ1) is 28.2. The minimum absolute atomic E-state index is 0.0141. The van der Waals surface area contributed by atoms with E-state index in [2.05, 4.69) is 98.9 Å². The summed E-state index contributed by atoms with van der Waals surface area (Å²) < 4.78 is 33.3. The predicted octanol–water partition coefficient (Wildman–Crippen LogP) is 12.4. The number of ether oxygens (including phenoxy) is 2. The lowest BCUT2D eigenvalue weighted by atomic mass is 10.1. The molecule has 0 saturated heterocycles. The molecule has 0 saturated carbocycles. The van der Waals surface area contributed by atoms with Crippen LogP contribution in [0.5, 0.6) is 0 Å². The first kappa shape index (κ1) is 55.2. The number of unbranched alkanes of at least 4 members (excludes halogenated alkanes) is 13. The van der Waals surface area contributed by atoms with Crippen molar-refractivity contribution in [1.29, 1.82) is 0 Å². The number of aliphatic carboxylic acids is 1. The van der Waals surface area contributed by atoms with Crippen molar-refractivity contribution in [3.63, 3.8) is 0 Å². The maximum atomic E-state index is 12.6. The lowest BCUT2D eigenvalue weighted by Crippen LogP contribution is -2.34. The molecule has 0 spiro atoms. The summed E-state index contributed by atoms with van der Waals surface area (Å²) >= 11 is 0. The molecule has 0 fully saturated rings. The van der Waals surface area contributed by atoms with Gasteiger partial charge in [0.15, 0.2) is 0 Å². The second-order valence-electron chi connectivity index (χ2n) is 14.4. The van der Waals surface area contributed by atoms with Crippen molar-refractivity contribution in [1.82, 2.24) is 0 Å². The number of phosphoric ester groups is 1. The Balaban J connectivity index is 4.33. The van der Waals surface area contributed by atoms with Gasteiger partial charge in [-0.05, 0) is 89.9 Å². The highest BCUT2D eigenvalue weighted by molar-refractivity contribution is 7.47. The molecule has 0 amide bonds. The summed E-state index contributed by atoms with van der Waals surface area (Å²) in [5.41, 5.74) is 5.35. The summed E-state index contributed by atoms with van der Waals surface area (Å²) in [6, 6.07) is -1.48. The van der Waals surface area contributed by atoms with Gasteiger partial charge in [0.2, 0.25) is 0 Å². The van der Waals surface area contributed by atoms with Crippen molar-refractivity contribution >= 4 is 19.8 Å². The van der Waals surface area contributed by atoms with Crippen LogP contribution in [0.4, 0.5) is 0 Å². The molecule has 3 unspecified atom stereocenters. The van der Waals surface area contributed by atoms with E-state index in [1.165, 1.54) is 32.1 Å². The Kier molecular flexibility index (Phi) is 40.2. The number of carboxylic acid groups (broad SMARTS) is 1. The highest BCUT2D eigenvalue weighted by atomic mass is 31.2. The van der Waals surface area contributed by atoms with E-state index in [1.54, 1.807) is 0 Å². The van der Waals surface area contributed by atoms with Crippen LogP contribution in [0, 0.1) is 0 Å². The average molecular weight is 834 g/mol. The van der Waals surface area contributed by atoms with Crippen LogP contribution < -0.4 is 5.73 Å². The number of phosphoric acid groups is 1. The van der Waals surface area contributed by atoms with Crippen molar-refractivity contribution in [3.05, 3.63) is 85.1 Å². The zero-order chi connectivity index (χ0) is 42.6. The van der Waals surface area contributed by atoms with Crippen LogP contribution in [-0.2, 0) is 32.7 Å². The van der Waals surface area contributed by atoms with Crippen LogP contribution in [-0.4, -0.2) is 60.5 Å². The molecular weight excluding hydrogens is 753 g/mol. The smallest absolute Gasteiger partial charge is 0.472 e. The van der Waals surface area contributed by atoms with Crippen LogP contribution in [0.15, 0.2) is 85.1 Å². The van der Waals surface area contributed by atoms with Gasteiger partial charge < -0.3 is 25.2 Å². The number of carboxylic acids is 1. The van der Waals surface area contributed by atoms with Crippen LogP contribution >= 0.6 is 7.82 Å². The van der Waals surface area contributed by atoms with E-state index in [0.29, 0.717) is 13.0 Å². The molecule has 0 radical (unpaired) electrons. The van der Waals surface area contributed by atoms with Gasteiger partial charge in [0.1, 0.15) is 12.1 Å². The van der Waals surface area contributed by atoms with Gasteiger partial charge in [-0.3, -0.25) is 18.6 Å². The number of carbonyl (C=O) groups excluding carboxylic acids is 1. The van der Waals surface area contributed by atoms with E-state index < -0.39 is 45.1 Å². The summed E-state index contributed by atoms with van der Waals surface area (Å²) in [4.78, 5) is 33.5. The summed E-state index contributed by atoms with van der Waals surface area (Å²) in [6.07, 6.45) is 53.5. The second kappa shape index (κ2) is 42.3. The number of rotatable bonds is 41. The Morgan fingerprint density at radius 3 is 1.52 bits per heavy atom. The molecule has 58 heavy (non-hydrogen) atoms. The van der Waals surface area contributed by atoms with Crippen LogP contribution in [0.3, 0.4) is 0 Å². The summed E-state index contributed by atoms with van der Waals surface area (Å²) in [6.45, 7) is 3.64. The summed E-state index contributed by atoms with van der Waals surface area (Å²) in [7, 11) is -4.63. The maximum absolute atomic E-state index is 12.6. The monoisotopic (exact) mass is 834 g/mol. The van der Waals surface area contributed by atoms with Crippen molar-refractivity contribution in [2.24, 2.45) is 5.73 Å². The molecule has 10 nitrogen and oxygen atoms in total. The van der Waals surface area contributed by atoms with Crippen LogP contribution in [0.1, 0.15) is 162 Å². The van der Waals surface area contributed by atoms with Gasteiger partial charge in [0.05, 0.1) is 19.8 Å². The molecule has 0 aliphatic heterocycles. The molecule has 0 aromatic heterocycles. The van der Waals surface area contributed by atoms with E-state index in [0.717, 1.165) is 103 Å². The number of nitrogens with two attached hydrogens (primary N) is 1. The van der Waals surface area contributed by atoms with Gasteiger partial charge in [-0.2, -0.15) is 0 Å². The Labute approximate surface area is 352 Å². The Hall–Kier alpha value is -2.85. The fourth-order valence-corrected chi connectivity index (χ4v) is 6.26. The highest BCUT2D eigenvalue weighted by Crippen LogP contribution is 2.43. The third-order valence-electron chi connectivity index (χ3n) is 8.91. The Bertz CT molecular complexity index is 1240. The first-order valence-electron chi connectivity index (χ1n) is 22.1. The number of hydrogen-bond acceptors (Lipinski definition) is 8. The SMILES string of the molecule is CC/C=C\C/C=C\C/C=C\C/C=C\C/C=C\C/C=C\CCCCCOCC(COP(=O)(O)OCC(N)C(=O)O)OC(=O)CCCCCCC/C=C\CCCCCCC. The van der Waals surface area contributed by atoms with Gasteiger partial charge in [-0.25, -0.2) is 4.57 Å². The lowest BCUT2D eigenvalue weighted by molar-refractivity contribution is -0.154. The molecule has 4 N–H and O–H groups in total. The average Bonchev–Trinajstić information content (AvgIpc) is 3.20. The molecule has 0 aliphatic carbocycles. The first-order valence-corrected chi connectivity index (χ1v) is 23.6. The van der Waals surface area contributed by atoms with Gasteiger partial charge in [0, 0.05) is 13.0 Å². The largest absolute Gasteiger partial charge is 0.480 e. The van der Waals surface area contributed by atoms with Crippen molar-refractivity contribution < 1.29 is 42.7 Å². The molecule has 0 rings (SSSR count). The maximum Gasteiger partial charge on any atom is 0.472 e. The second-order valence-corrected chi connectivity index (χ2v) is 15.9.